The van der Waals surface area contributed by atoms with Crippen molar-refractivity contribution in [3.63, 3.8) is 0 Å². The van der Waals surface area contributed by atoms with Gasteiger partial charge in [-0.15, -0.1) is 0 Å². The van der Waals surface area contributed by atoms with E-state index in [4.69, 9.17) is 0 Å². The minimum Gasteiger partial charge on any atom is -0.354 e. The number of para-hydroxylation sites is 1. The average molecular weight is 269 g/mol. The Balaban J connectivity index is 2.18. The monoisotopic (exact) mass is 269 g/mol. The third-order valence-corrected chi connectivity index (χ3v) is 2.84. The van der Waals surface area contributed by atoms with Gasteiger partial charge < -0.3 is 10.6 Å². The molecular weight excluding hydrogens is 250 g/mol. The Hall–Kier alpha value is -2.36. The first kappa shape index (κ1) is 14.1. The number of aryl methyl sites for hydroxylation is 1. The zero-order valence-corrected chi connectivity index (χ0v) is 12.0. The largest absolute Gasteiger partial charge is 0.354 e. The van der Waals surface area contributed by atoms with Crippen LogP contribution in [0.5, 0.6) is 0 Å². The molecule has 0 bridgehead atoms. The van der Waals surface area contributed by atoms with Crippen LogP contribution in [0.3, 0.4) is 0 Å². The third kappa shape index (κ3) is 3.57. The SMILES string of the molecule is Cc1ccccc1Nc1cncc(C(=O)NC(C)C)c1. The number of benzene rings is 1. The second-order valence-electron chi connectivity index (χ2n) is 5.03. The van der Waals surface area contributed by atoms with E-state index in [1.54, 1.807) is 18.5 Å². The molecule has 0 radical (unpaired) electrons. The van der Waals surface area contributed by atoms with E-state index in [0.29, 0.717) is 5.56 Å². The number of aromatic nitrogens is 1. The van der Waals surface area contributed by atoms with E-state index in [1.165, 1.54) is 0 Å². The van der Waals surface area contributed by atoms with Gasteiger partial charge in [-0.05, 0) is 38.5 Å². The number of carbonyl (C=O) groups excluding carboxylic acids is 1. The fourth-order valence-electron chi connectivity index (χ4n) is 1.85. The Morgan fingerprint density at radius 3 is 2.65 bits per heavy atom. The molecule has 0 atom stereocenters. The van der Waals surface area contributed by atoms with E-state index in [0.717, 1.165) is 16.9 Å². The molecule has 0 aliphatic rings. The second-order valence-corrected chi connectivity index (χ2v) is 5.03. The third-order valence-electron chi connectivity index (χ3n) is 2.84. The summed E-state index contributed by atoms with van der Waals surface area (Å²) >= 11 is 0. The Morgan fingerprint density at radius 1 is 1.20 bits per heavy atom. The highest BCUT2D eigenvalue weighted by Gasteiger charge is 2.08. The fraction of sp³-hybridized carbons (Fsp3) is 0.250. The average Bonchev–Trinajstić information content (AvgIpc) is 2.41. The molecule has 1 aromatic heterocycles. The Morgan fingerprint density at radius 2 is 1.95 bits per heavy atom. The number of hydrogen-bond donors (Lipinski definition) is 2. The quantitative estimate of drug-likeness (QED) is 0.895. The van der Waals surface area contributed by atoms with Crippen molar-refractivity contribution in [2.75, 3.05) is 5.32 Å². The van der Waals surface area contributed by atoms with Gasteiger partial charge in [-0.2, -0.15) is 0 Å². The number of rotatable bonds is 4. The highest BCUT2D eigenvalue weighted by atomic mass is 16.1. The first-order valence-corrected chi connectivity index (χ1v) is 6.65. The summed E-state index contributed by atoms with van der Waals surface area (Å²) in [4.78, 5) is 16.1. The van der Waals surface area contributed by atoms with Crippen LogP contribution in [0.2, 0.25) is 0 Å². The van der Waals surface area contributed by atoms with Gasteiger partial charge in [-0.25, -0.2) is 0 Å². The lowest BCUT2D eigenvalue weighted by Crippen LogP contribution is -2.30. The standard InChI is InChI=1S/C16H19N3O/c1-11(2)18-16(20)13-8-14(10-17-9-13)19-15-7-5-4-6-12(15)3/h4-11,19H,1-3H3,(H,18,20). The van der Waals surface area contributed by atoms with E-state index in [2.05, 4.69) is 15.6 Å². The smallest absolute Gasteiger partial charge is 0.253 e. The maximum atomic E-state index is 11.9. The second kappa shape index (κ2) is 6.19. The highest BCUT2D eigenvalue weighted by Crippen LogP contribution is 2.20. The number of carbonyl (C=O) groups is 1. The maximum Gasteiger partial charge on any atom is 0.253 e. The highest BCUT2D eigenvalue weighted by molar-refractivity contribution is 5.95. The molecule has 20 heavy (non-hydrogen) atoms. The van der Waals surface area contributed by atoms with Gasteiger partial charge >= 0.3 is 0 Å². The van der Waals surface area contributed by atoms with E-state index in [1.807, 2.05) is 45.0 Å². The molecular formula is C16H19N3O. The molecule has 0 aliphatic carbocycles. The lowest BCUT2D eigenvalue weighted by Gasteiger charge is -2.11. The van der Waals surface area contributed by atoms with Crippen LogP contribution in [0.4, 0.5) is 11.4 Å². The molecule has 0 saturated carbocycles. The number of nitrogens with one attached hydrogen (secondary N) is 2. The van der Waals surface area contributed by atoms with Gasteiger partial charge in [0.1, 0.15) is 0 Å². The normalized spacial score (nSPS) is 10.4. The topological polar surface area (TPSA) is 54.0 Å². The zero-order chi connectivity index (χ0) is 14.5. The van der Waals surface area contributed by atoms with Crippen LogP contribution in [-0.4, -0.2) is 16.9 Å². The summed E-state index contributed by atoms with van der Waals surface area (Å²) in [5.41, 5.74) is 3.51. The van der Waals surface area contributed by atoms with Gasteiger partial charge in [-0.3, -0.25) is 9.78 Å². The molecule has 1 amide bonds. The zero-order valence-electron chi connectivity index (χ0n) is 12.0. The minimum atomic E-state index is -0.110. The summed E-state index contributed by atoms with van der Waals surface area (Å²) < 4.78 is 0. The van der Waals surface area contributed by atoms with Crippen LogP contribution in [0.1, 0.15) is 29.8 Å². The van der Waals surface area contributed by atoms with Crippen molar-refractivity contribution in [3.8, 4) is 0 Å². The Kier molecular flexibility index (Phi) is 4.35. The number of amides is 1. The number of hydrogen-bond acceptors (Lipinski definition) is 3. The van der Waals surface area contributed by atoms with Gasteiger partial charge in [0.15, 0.2) is 0 Å². The Bertz CT molecular complexity index is 608. The van der Waals surface area contributed by atoms with Gasteiger partial charge in [0.05, 0.1) is 17.4 Å². The van der Waals surface area contributed by atoms with Crippen LogP contribution in [0.25, 0.3) is 0 Å². The van der Waals surface area contributed by atoms with E-state index in [-0.39, 0.29) is 11.9 Å². The molecule has 1 heterocycles. The van der Waals surface area contributed by atoms with Crippen molar-refractivity contribution in [3.05, 3.63) is 53.9 Å². The number of anilines is 2. The van der Waals surface area contributed by atoms with Gasteiger partial charge in [-0.1, -0.05) is 18.2 Å². The molecule has 0 aliphatic heterocycles. The molecule has 0 fully saturated rings. The Labute approximate surface area is 119 Å². The van der Waals surface area contributed by atoms with Gasteiger partial charge in [0.2, 0.25) is 0 Å². The number of pyridine rings is 1. The van der Waals surface area contributed by atoms with Crippen molar-refractivity contribution in [1.29, 1.82) is 0 Å². The van der Waals surface area contributed by atoms with Crippen molar-refractivity contribution < 1.29 is 4.79 Å². The molecule has 104 valence electrons. The summed E-state index contributed by atoms with van der Waals surface area (Å²) in [5, 5.41) is 6.13. The van der Waals surface area contributed by atoms with Crippen LogP contribution in [-0.2, 0) is 0 Å². The summed E-state index contributed by atoms with van der Waals surface area (Å²) in [6.45, 7) is 5.90. The molecule has 0 saturated heterocycles. The summed E-state index contributed by atoms with van der Waals surface area (Å²) in [5.74, 6) is -0.110. The minimum absolute atomic E-state index is 0.107. The number of nitrogens with zero attached hydrogens (tertiary/aromatic N) is 1. The molecule has 0 spiro atoms. The fourth-order valence-corrected chi connectivity index (χ4v) is 1.85. The molecule has 1 aromatic carbocycles. The maximum absolute atomic E-state index is 11.9. The van der Waals surface area contributed by atoms with Crippen molar-refractivity contribution in [1.82, 2.24) is 10.3 Å². The first-order valence-electron chi connectivity index (χ1n) is 6.65. The molecule has 0 unspecified atom stereocenters. The van der Waals surface area contributed by atoms with E-state index < -0.39 is 0 Å². The van der Waals surface area contributed by atoms with Crippen LogP contribution in [0, 0.1) is 6.92 Å². The molecule has 2 rings (SSSR count). The first-order chi connectivity index (χ1) is 9.56. The van der Waals surface area contributed by atoms with Crippen LogP contribution >= 0.6 is 0 Å². The molecule has 2 N–H and O–H groups in total. The predicted octanol–water partition coefficient (Wildman–Crippen LogP) is 3.27. The summed E-state index contributed by atoms with van der Waals surface area (Å²) in [7, 11) is 0. The molecule has 4 heteroatoms. The van der Waals surface area contributed by atoms with Crippen LogP contribution in [0.15, 0.2) is 42.7 Å². The molecule has 4 nitrogen and oxygen atoms in total. The van der Waals surface area contributed by atoms with Crippen molar-refractivity contribution in [2.24, 2.45) is 0 Å². The lowest BCUT2D eigenvalue weighted by atomic mass is 10.2. The van der Waals surface area contributed by atoms with Crippen molar-refractivity contribution in [2.45, 2.75) is 26.8 Å². The lowest BCUT2D eigenvalue weighted by molar-refractivity contribution is 0.0943. The van der Waals surface area contributed by atoms with E-state index in [9.17, 15) is 4.79 Å². The summed E-state index contributed by atoms with van der Waals surface area (Å²) in [6, 6.07) is 9.90. The predicted molar refractivity (Wildman–Crippen MR) is 81.3 cm³/mol. The summed E-state index contributed by atoms with van der Waals surface area (Å²) in [6.07, 6.45) is 3.28. The van der Waals surface area contributed by atoms with Crippen molar-refractivity contribution >= 4 is 17.3 Å². The van der Waals surface area contributed by atoms with E-state index >= 15 is 0 Å². The van der Waals surface area contributed by atoms with Gasteiger partial charge in [0, 0.05) is 17.9 Å². The molecule has 2 aromatic rings. The van der Waals surface area contributed by atoms with Crippen LogP contribution < -0.4 is 10.6 Å². The van der Waals surface area contributed by atoms with Gasteiger partial charge in [0.25, 0.3) is 5.91 Å².